The van der Waals surface area contributed by atoms with Crippen molar-refractivity contribution in [2.45, 2.75) is 101 Å². The summed E-state index contributed by atoms with van der Waals surface area (Å²) in [5.74, 6) is 0. The zero-order valence-electron chi connectivity index (χ0n) is 15.9. The molecule has 0 saturated heterocycles. The number of hydrogen-bond donors (Lipinski definition) is 2. The van der Waals surface area contributed by atoms with E-state index < -0.39 is 5.60 Å². The standard InChI is InChI=1S/C21H33N3O2/c25-20-14-16-6-2-3-7-19(16)23-24(20)18-10-8-17(9-11-18)22-15-21(26)12-4-1-5-13-21/h14,17-18,22,26H,1-13,15H2. The lowest BCUT2D eigenvalue weighted by molar-refractivity contribution is 0.00126. The van der Waals surface area contributed by atoms with Gasteiger partial charge in [0.05, 0.1) is 17.3 Å². The van der Waals surface area contributed by atoms with E-state index in [4.69, 9.17) is 5.10 Å². The van der Waals surface area contributed by atoms with E-state index in [0.717, 1.165) is 76.4 Å². The second-order valence-corrected chi connectivity index (χ2v) is 8.78. The third kappa shape index (κ3) is 4.04. The maximum atomic E-state index is 12.5. The van der Waals surface area contributed by atoms with E-state index in [2.05, 4.69) is 5.32 Å². The van der Waals surface area contributed by atoms with Gasteiger partial charge < -0.3 is 10.4 Å². The molecule has 0 radical (unpaired) electrons. The predicted octanol–water partition coefficient (Wildman–Crippen LogP) is 2.89. The molecule has 4 rings (SSSR count). The number of rotatable bonds is 4. The van der Waals surface area contributed by atoms with Crippen LogP contribution in [0, 0.1) is 0 Å². The second-order valence-electron chi connectivity index (χ2n) is 8.78. The third-order valence-electron chi connectivity index (χ3n) is 6.78. The monoisotopic (exact) mass is 359 g/mol. The molecule has 5 heteroatoms. The molecule has 0 aromatic carbocycles. The summed E-state index contributed by atoms with van der Waals surface area (Å²) in [7, 11) is 0. The van der Waals surface area contributed by atoms with Gasteiger partial charge in [-0.15, -0.1) is 0 Å². The molecule has 26 heavy (non-hydrogen) atoms. The summed E-state index contributed by atoms with van der Waals surface area (Å²) in [5, 5.41) is 19.0. The normalized spacial score (nSPS) is 28.5. The highest BCUT2D eigenvalue weighted by Crippen LogP contribution is 2.30. The molecule has 2 saturated carbocycles. The Balaban J connectivity index is 1.33. The number of hydrogen-bond acceptors (Lipinski definition) is 4. The Kier molecular flexibility index (Phi) is 5.46. The molecule has 144 valence electrons. The van der Waals surface area contributed by atoms with Crippen molar-refractivity contribution in [3.05, 3.63) is 27.7 Å². The van der Waals surface area contributed by atoms with Crippen molar-refractivity contribution in [1.29, 1.82) is 0 Å². The van der Waals surface area contributed by atoms with Gasteiger partial charge in [-0.1, -0.05) is 19.3 Å². The largest absolute Gasteiger partial charge is 0.389 e. The summed E-state index contributed by atoms with van der Waals surface area (Å²) in [5.41, 5.74) is 1.91. The molecule has 2 N–H and O–H groups in total. The zero-order chi connectivity index (χ0) is 18.0. The van der Waals surface area contributed by atoms with Crippen LogP contribution in [0.3, 0.4) is 0 Å². The smallest absolute Gasteiger partial charge is 0.267 e. The average Bonchev–Trinajstić information content (AvgIpc) is 2.67. The molecule has 0 unspecified atom stereocenters. The van der Waals surface area contributed by atoms with E-state index in [0.29, 0.717) is 6.04 Å². The summed E-state index contributed by atoms with van der Waals surface area (Å²) in [6, 6.07) is 2.54. The first-order valence-corrected chi connectivity index (χ1v) is 10.7. The molecular weight excluding hydrogens is 326 g/mol. The first-order chi connectivity index (χ1) is 12.6. The van der Waals surface area contributed by atoms with E-state index in [1.807, 2.05) is 6.07 Å². The summed E-state index contributed by atoms with van der Waals surface area (Å²) < 4.78 is 1.77. The summed E-state index contributed by atoms with van der Waals surface area (Å²) in [6.07, 6.45) is 14.0. The number of aromatic nitrogens is 2. The van der Waals surface area contributed by atoms with Gasteiger partial charge in [0.2, 0.25) is 0 Å². The Hall–Kier alpha value is -1.20. The van der Waals surface area contributed by atoms with E-state index >= 15 is 0 Å². The molecule has 0 atom stereocenters. The Morgan fingerprint density at radius 2 is 1.81 bits per heavy atom. The number of fused-ring (bicyclic) bond motifs is 1. The van der Waals surface area contributed by atoms with Crippen LogP contribution in [0.1, 0.15) is 87.9 Å². The van der Waals surface area contributed by atoms with Crippen LogP contribution in [0.4, 0.5) is 0 Å². The maximum Gasteiger partial charge on any atom is 0.267 e. The summed E-state index contributed by atoms with van der Waals surface area (Å²) in [4.78, 5) is 12.5. The van der Waals surface area contributed by atoms with Crippen LogP contribution in [-0.4, -0.2) is 33.1 Å². The van der Waals surface area contributed by atoms with E-state index in [1.54, 1.807) is 4.68 Å². The first kappa shape index (κ1) is 18.2. The van der Waals surface area contributed by atoms with Crippen molar-refractivity contribution >= 4 is 0 Å². The van der Waals surface area contributed by atoms with Crippen LogP contribution in [0.15, 0.2) is 10.9 Å². The topological polar surface area (TPSA) is 67.2 Å². The van der Waals surface area contributed by atoms with Gasteiger partial charge in [-0.3, -0.25) is 4.79 Å². The molecule has 0 spiro atoms. The average molecular weight is 360 g/mol. The fourth-order valence-corrected chi connectivity index (χ4v) is 5.08. The summed E-state index contributed by atoms with van der Waals surface area (Å²) in [6.45, 7) is 0.722. The molecule has 3 aliphatic rings. The van der Waals surface area contributed by atoms with Crippen LogP contribution >= 0.6 is 0 Å². The van der Waals surface area contributed by atoms with Gasteiger partial charge in [0.1, 0.15) is 0 Å². The van der Waals surface area contributed by atoms with Crippen molar-refractivity contribution in [2.24, 2.45) is 0 Å². The minimum Gasteiger partial charge on any atom is -0.389 e. The fourth-order valence-electron chi connectivity index (χ4n) is 5.08. The predicted molar refractivity (Wildman–Crippen MR) is 102 cm³/mol. The SMILES string of the molecule is O=c1cc2c(nn1C1CCC(NCC3(O)CCCCC3)CC1)CCCC2. The van der Waals surface area contributed by atoms with Crippen LogP contribution in [0.2, 0.25) is 0 Å². The molecule has 0 bridgehead atoms. The first-order valence-electron chi connectivity index (χ1n) is 10.7. The zero-order valence-corrected chi connectivity index (χ0v) is 15.9. The lowest BCUT2D eigenvalue weighted by Gasteiger charge is -2.36. The molecule has 1 aromatic rings. The lowest BCUT2D eigenvalue weighted by Crippen LogP contribution is -2.47. The molecule has 1 heterocycles. The van der Waals surface area contributed by atoms with Crippen LogP contribution in [0.5, 0.6) is 0 Å². The number of aliphatic hydroxyl groups is 1. The third-order valence-corrected chi connectivity index (χ3v) is 6.78. The van der Waals surface area contributed by atoms with Crippen LogP contribution in [0.25, 0.3) is 0 Å². The van der Waals surface area contributed by atoms with Crippen LogP contribution in [-0.2, 0) is 12.8 Å². The number of aryl methyl sites for hydroxylation is 2. The van der Waals surface area contributed by atoms with E-state index in [9.17, 15) is 9.90 Å². The molecule has 5 nitrogen and oxygen atoms in total. The van der Waals surface area contributed by atoms with Gasteiger partial charge in [0.25, 0.3) is 5.56 Å². The fraction of sp³-hybridized carbons (Fsp3) is 0.810. The highest BCUT2D eigenvalue weighted by Gasteiger charge is 2.31. The maximum absolute atomic E-state index is 12.5. The molecule has 0 amide bonds. The molecule has 0 aliphatic heterocycles. The molecule has 1 aromatic heterocycles. The minimum absolute atomic E-state index is 0.0820. The Bertz CT molecular complexity index is 670. The molecule has 2 fully saturated rings. The lowest BCUT2D eigenvalue weighted by atomic mass is 9.84. The Morgan fingerprint density at radius 3 is 2.58 bits per heavy atom. The molecular formula is C21H33N3O2. The number of nitrogens with zero attached hydrogens (tertiary/aromatic N) is 2. The molecule has 3 aliphatic carbocycles. The number of nitrogens with one attached hydrogen (secondary N) is 1. The quantitative estimate of drug-likeness (QED) is 0.867. The van der Waals surface area contributed by atoms with E-state index in [1.165, 1.54) is 24.8 Å². The summed E-state index contributed by atoms with van der Waals surface area (Å²) >= 11 is 0. The highest BCUT2D eigenvalue weighted by atomic mass is 16.3. The van der Waals surface area contributed by atoms with Crippen molar-refractivity contribution in [3.8, 4) is 0 Å². The van der Waals surface area contributed by atoms with Gasteiger partial charge in [0.15, 0.2) is 0 Å². The Morgan fingerprint density at radius 1 is 1.08 bits per heavy atom. The van der Waals surface area contributed by atoms with Gasteiger partial charge in [-0.05, 0) is 69.8 Å². The van der Waals surface area contributed by atoms with Crippen molar-refractivity contribution < 1.29 is 5.11 Å². The van der Waals surface area contributed by atoms with Crippen molar-refractivity contribution in [2.75, 3.05) is 6.54 Å². The second kappa shape index (κ2) is 7.81. The van der Waals surface area contributed by atoms with Crippen molar-refractivity contribution in [1.82, 2.24) is 15.1 Å². The van der Waals surface area contributed by atoms with Crippen LogP contribution < -0.4 is 10.9 Å². The van der Waals surface area contributed by atoms with Gasteiger partial charge in [-0.2, -0.15) is 5.10 Å². The minimum atomic E-state index is -0.494. The van der Waals surface area contributed by atoms with E-state index in [-0.39, 0.29) is 11.6 Å². The Labute approximate surface area is 156 Å². The highest BCUT2D eigenvalue weighted by molar-refractivity contribution is 5.20. The van der Waals surface area contributed by atoms with Gasteiger partial charge >= 0.3 is 0 Å². The van der Waals surface area contributed by atoms with Gasteiger partial charge in [-0.25, -0.2) is 4.68 Å². The van der Waals surface area contributed by atoms with Gasteiger partial charge in [0, 0.05) is 18.7 Å². The van der Waals surface area contributed by atoms with Crippen molar-refractivity contribution in [3.63, 3.8) is 0 Å².